The summed E-state index contributed by atoms with van der Waals surface area (Å²) in [6.07, 6.45) is 0.314. The zero-order valence-corrected chi connectivity index (χ0v) is 11.8. The standard InChI is InChI=1S/C11H14ClNO5S/c1-18-6-3-7-19(16,17)13-9-5-2-4-8(12)10(9)11(14)15/h2,4-5,13H,3,6-7H2,1H3,(H,14,15). The van der Waals surface area contributed by atoms with E-state index in [1.54, 1.807) is 0 Å². The van der Waals surface area contributed by atoms with E-state index in [1.807, 2.05) is 0 Å². The summed E-state index contributed by atoms with van der Waals surface area (Å²) in [6.45, 7) is 0.308. The van der Waals surface area contributed by atoms with Gasteiger partial charge in [0.25, 0.3) is 0 Å². The van der Waals surface area contributed by atoms with Gasteiger partial charge in [-0.25, -0.2) is 13.2 Å². The molecule has 1 rings (SSSR count). The van der Waals surface area contributed by atoms with Gasteiger partial charge in [-0.15, -0.1) is 0 Å². The minimum atomic E-state index is -3.63. The quantitative estimate of drug-likeness (QED) is 0.749. The highest BCUT2D eigenvalue weighted by Crippen LogP contribution is 2.25. The number of carbonyl (C=O) groups is 1. The molecule has 0 aliphatic rings. The lowest BCUT2D eigenvalue weighted by atomic mass is 10.2. The van der Waals surface area contributed by atoms with Crippen molar-refractivity contribution in [3.05, 3.63) is 28.8 Å². The summed E-state index contributed by atoms with van der Waals surface area (Å²) >= 11 is 5.74. The average molecular weight is 308 g/mol. The third-order valence-corrected chi connectivity index (χ3v) is 3.93. The minimum absolute atomic E-state index is 0.0235. The highest BCUT2D eigenvalue weighted by molar-refractivity contribution is 7.92. The van der Waals surface area contributed by atoms with Crippen molar-refractivity contribution >= 4 is 33.3 Å². The number of rotatable bonds is 7. The SMILES string of the molecule is COCCCS(=O)(=O)Nc1cccc(Cl)c1C(=O)O. The molecule has 0 saturated heterocycles. The van der Waals surface area contributed by atoms with Gasteiger partial charge in [-0.2, -0.15) is 0 Å². The first kappa shape index (κ1) is 15.7. The molecule has 0 heterocycles. The van der Waals surface area contributed by atoms with E-state index in [2.05, 4.69) is 4.72 Å². The van der Waals surface area contributed by atoms with E-state index < -0.39 is 16.0 Å². The van der Waals surface area contributed by atoms with Crippen molar-refractivity contribution in [1.29, 1.82) is 0 Å². The summed E-state index contributed by atoms with van der Waals surface area (Å²) in [5.41, 5.74) is -0.308. The average Bonchev–Trinajstić information content (AvgIpc) is 2.27. The first-order chi connectivity index (χ1) is 8.87. The molecule has 6 nitrogen and oxygen atoms in total. The van der Waals surface area contributed by atoms with Gasteiger partial charge in [0.1, 0.15) is 5.56 Å². The number of hydrogen-bond acceptors (Lipinski definition) is 4. The predicted octanol–water partition coefficient (Wildman–Crippen LogP) is 1.82. The van der Waals surface area contributed by atoms with Crippen LogP contribution in [0.4, 0.5) is 5.69 Å². The molecule has 0 radical (unpaired) electrons. The van der Waals surface area contributed by atoms with Gasteiger partial charge in [-0.3, -0.25) is 4.72 Å². The molecule has 2 N–H and O–H groups in total. The Morgan fingerprint density at radius 2 is 2.16 bits per heavy atom. The van der Waals surface area contributed by atoms with Crippen molar-refractivity contribution in [2.24, 2.45) is 0 Å². The molecular weight excluding hydrogens is 294 g/mol. The highest BCUT2D eigenvalue weighted by atomic mass is 35.5. The number of aromatic carboxylic acids is 1. The largest absolute Gasteiger partial charge is 0.478 e. The number of anilines is 1. The van der Waals surface area contributed by atoms with Gasteiger partial charge in [-0.1, -0.05) is 17.7 Å². The molecule has 0 spiro atoms. The Morgan fingerprint density at radius 1 is 1.47 bits per heavy atom. The Kier molecular flexibility index (Phi) is 5.59. The van der Waals surface area contributed by atoms with E-state index in [0.717, 1.165) is 0 Å². The molecule has 0 saturated carbocycles. The molecule has 0 aromatic heterocycles. The van der Waals surface area contributed by atoms with E-state index in [9.17, 15) is 13.2 Å². The summed E-state index contributed by atoms with van der Waals surface area (Å²) in [4.78, 5) is 11.0. The maximum absolute atomic E-state index is 11.8. The molecule has 0 aliphatic heterocycles. The molecule has 1 aromatic rings. The van der Waals surface area contributed by atoms with E-state index >= 15 is 0 Å². The summed E-state index contributed by atoms with van der Waals surface area (Å²) in [6, 6.07) is 4.21. The number of benzene rings is 1. The lowest BCUT2D eigenvalue weighted by molar-refractivity contribution is 0.0698. The topological polar surface area (TPSA) is 92.7 Å². The van der Waals surface area contributed by atoms with Crippen molar-refractivity contribution < 1.29 is 23.1 Å². The van der Waals surface area contributed by atoms with Crippen LogP contribution in [-0.2, 0) is 14.8 Å². The number of carboxylic acid groups (broad SMARTS) is 1. The lowest BCUT2D eigenvalue weighted by Gasteiger charge is -2.11. The number of nitrogens with one attached hydrogen (secondary N) is 1. The van der Waals surface area contributed by atoms with Crippen LogP contribution < -0.4 is 4.72 Å². The fraction of sp³-hybridized carbons (Fsp3) is 0.364. The summed E-state index contributed by atoms with van der Waals surface area (Å²) < 4.78 is 30.5. The first-order valence-corrected chi connectivity index (χ1v) is 7.41. The monoisotopic (exact) mass is 307 g/mol. The summed E-state index contributed by atoms with van der Waals surface area (Å²) in [5.74, 6) is -1.45. The molecule has 0 bridgehead atoms. The molecular formula is C11H14ClNO5S. The highest BCUT2D eigenvalue weighted by Gasteiger charge is 2.18. The fourth-order valence-electron chi connectivity index (χ4n) is 1.44. The minimum Gasteiger partial charge on any atom is -0.478 e. The Balaban J connectivity index is 2.93. The van der Waals surface area contributed by atoms with Crippen LogP contribution in [0.2, 0.25) is 5.02 Å². The third kappa shape index (κ3) is 4.70. The van der Waals surface area contributed by atoms with E-state index in [0.29, 0.717) is 13.0 Å². The molecule has 106 valence electrons. The maximum atomic E-state index is 11.8. The van der Waals surface area contributed by atoms with E-state index in [4.69, 9.17) is 21.4 Å². The van der Waals surface area contributed by atoms with Gasteiger partial charge in [0.2, 0.25) is 10.0 Å². The number of carboxylic acids is 1. The van der Waals surface area contributed by atoms with Gasteiger partial charge >= 0.3 is 5.97 Å². The smallest absolute Gasteiger partial charge is 0.339 e. The van der Waals surface area contributed by atoms with Crippen LogP contribution in [0, 0.1) is 0 Å². The second kappa shape index (κ2) is 6.74. The van der Waals surface area contributed by atoms with Gasteiger partial charge in [-0.05, 0) is 18.6 Å². The third-order valence-electron chi connectivity index (χ3n) is 2.25. The lowest BCUT2D eigenvalue weighted by Crippen LogP contribution is -2.19. The van der Waals surface area contributed by atoms with Crippen LogP contribution in [0.3, 0.4) is 0 Å². The van der Waals surface area contributed by atoms with Crippen molar-refractivity contribution in [3.63, 3.8) is 0 Å². The molecule has 19 heavy (non-hydrogen) atoms. The van der Waals surface area contributed by atoms with Crippen LogP contribution in [0.15, 0.2) is 18.2 Å². The van der Waals surface area contributed by atoms with E-state index in [1.165, 1.54) is 25.3 Å². The zero-order chi connectivity index (χ0) is 14.5. The van der Waals surface area contributed by atoms with Crippen molar-refractivity contribution in [3.8, 4) is 0 Å². The second-order valence-electron chi connectivity index (χ2n) is 3.73. The van der Waals surface area contributed by atoms with Crippen LogP contribution in [0.5, 0.6) is 0 Å². The summed E-state index contributed by atoms with van der Waals surface area (Å²) in [5, 5.41) is 8.99. The number of ether oxygens (including phenoxy) is 1. The van der Waals surface area contributed by atoms with Crippen LogP contribution in [-0.4, -0.2) is 39.0 Å². The Labute approximate surface area is 116 Å². The Hall–Kier alpha value is -1.31. The Bertz CT molecular complexity index is 558. The first-order valence-electron chi connectivity index (χ1n) is 5.38. The molecule has 8 heteroatoms. The van der Waals surface area contributed by atoms with Crippen molar-refractivity contribution in [2.75, 3.05) is 24.2 Å². The van der Waals surface area contributed by atoms with Gasteiger partial charge in [0.05, 0.1) is 16.5 Å². The van der Waals surface area contributed by atoms with Crippen LogP contribution in [0.25, 0.3) is 0 Å². The van der Waals surface area contributed by atoms with E-state index in [-0.39, 0.29) is 22.0 Å². The van der Waals surface area contributed by atoms with Gasteiger partial charge < -0.3 is 9.84 Å². The van der Waals surface area contributed by atoms with Crippen LogP contribution >= 0.6 is 11.6 Å². The summed E-state index contributed by atoms with van der Waals surface area (Å²) in [7, 11) is -2.16. The number of sulfonamides is 1. The molecule has 0 aliphatic carbocycles. The van der Waals surface area contributed by atoms with Crippen molar-refractivity contribution in [2.45, 2.75) is 6.42 Å². The number of methoxy groups -OCH3 is 1. The van der Waals surface area contributed by atoms with Gasteiger partial charge in [0, 0.05) is 13.7 Å². The molecule has 0 fully saturated rings. The zero-order valence-electron chi connectivity index (χ0n) is 10.2. The molecule has 1 aromatic carbocycles. The molecule has 0 unspecified atom stereocenters. The maximum Gasteiger partial charge on any atom is 0.339 e. The normalized spacial score (nSPS) is 11.3. The number of halogens is 1. The fourth-order valence-corrected chi connectivity index (χ4v) is 2.80. The van der Waals surface area contributed by atoms with Crippen LogP contribution in [0.1, 0.15) is 16.8 Å². The predicted molar refractivity (Wildman–Crippen MR) is 72.3 cm³/mol. The number of hydrogen-bond donors (Lipinski definition) is 2. The molecule has 0 atom stereocenters. The van der Waals surface area contributed by atoms with Gasteiger partial charge in [0.15, 0.2) is 0 Å². The van der Waals surface area contributed by atoms with Crippen molar-refractivity contribution in [1.82, 2.24) is 0 Å². The Morgan fingerprint density at radius 3 is 2.74 bits per heavy atom. The second-order valence-corrected chi connectivity index (χ2v) is 5.98. The molecule has 0 amide bonds.